The molecule has 2 aromatic carbocycles. The smallest absolute Gasteiger partial charge is 0.407 e. The zero-order valence-electron chi connectivity index (χ0n) is 22.9. The van der Waals surface area contributed by atoms with Gasteiger partial charge in [0.15, 0.2) is 6.61 Å². The molecule has 12 heteroatoms. The van der Waals surface area contributed by atoms with Crippen molar-refractivity contribution in [2.24, 2.45) is 0 Å². The number of halogens is 2. The number of nitrogens with one attached hydrogen (secondary N) is 1. The molecule has 0 saturated carbocycles. The van der Waals surface area contributed by atoms with E-state index in [4.69, 9.17) is 37.4 Å². The maximum Gasteiger partial charge on any atom is 0.407 e. The van der Waals surface area contributed by atoms with E-state index in [0.29, 0.717) is 28.2 Å². The molecule has 216 valence electrons. The molecule has 2 heterocycles. The summed E-state index contributed by atoms with van der Waals surface area (Å²) in [5.41, 5.74) is 1.88. The van der Waals surface area contributed by atoms with Crippen molar-refractivity contribution < 1.29 is 18.6 Å². The fourth-order valence-corrected chi connectivity index (χ4v) is 7.01. The third-order valence-electron chi connectivity index (χ3n) is 5.87. The number of alkyl carbamates (subject to hydrolysis) is 1. The first-order valence-corrected chi connectivity index (χ1v) is 16.8. The standard InChI is InChI=1S/C29H31Cl2N4O4PS/c1-20(2)27-28(41-25-16-22(30)15-23(31)17-25)35(18-21-9-11-32-12-10-21)26(34-27)19-38-29(36)33-13-14-40(3,37)39-24-7-5-4-6-8-24/h4-12,15-17,20H,13-14,18-19H2,1-3H3,(H,33,36). The molecule has 0 aliphatic rings. The number of para-hydroxylation sites is 1. The lowest BCUT2D eigenvalue weighted by Gasteiger charge is -2.16. The van der Waals surface area contributed by atoms with Crippen molar-refractivity contribution in [1.82, 2.24) is 19.9 Å². The van der Waals surface area contributed by atoms with Crippen molar-refractivity contribution in [2.45, 2.75) is 42.8 Å². The summed E-state index contributed by atoms with van der Waals surface area (Å²) in [4.78, 5) is 22.4. The number of imidazole rings is 1. The Hall–Kier alpha value is -2.97. The summed E-state index contributed by atoms with van der Waals surface area (Å²) in [6.07, 6.45) is 2.99. The number of benzene rings is 2. The van der Waals surface area contributed by atoms with Gasteiger partial charge in [0.25, 0.3) is 0 Å². The average molecular weight is 634 g/mol. The summed E-state index contributed by atoms with van der Waals surface area (Å²) in [6.45, 7) is 6.24. The van der Waals surface area contributed by atoms with Gasteiger partial charge in [-0.1, -0.05) is 67.0 Å². The molecule has 1 N–H and O–H groups in total. The topological polar surface area (TPSA) is 95.3 Å². The second-order valence-corrected chi connectivity index (χ2v) is 14.3. The lowest BCUT2D eigenvalue weighted by Crippen LogP contribution is -2.28. The van der Waals surface area contributed by atoms with Crippen LogP contribution in [-0.2, 0) is 22.5 Å². The number of nitrogens with zero attached hydrogens (tertiary/aromatic N) is 3. The predicted octanol–water partition coefficient (Wildman–Crippen LogP) is 8.12. The summed E-state index contributed by atoms with van der Waals surface area (Å²) in [5.74, 6) is 1.21. The van der Waals surface area contributed by atoms with Gasteiger partial charge in [0.1, 0.15) is 16.6 Å². The fraction of sp³-hybridized carbons (Fsp3) is 0.276. The maximum atomic E-state index is 12.8. The van der Waals surface area contributed by atoms with Gasteiger partial charge >= 0.3 is 6.09 Å². The van der Waals surface area contributed by atoms with Gasteiger partial charge in [-0.2, -0.15) is 0 Å². The van der Waals surface area contributed by atoms with Crippen LogP contribution in [0.3, 0.4) is 0 Å². The summed E-state index contributed by atoms with van der Waals surface area (Å²) in [7, 11) is -2.96. The fourth-order valence-electron chi connectivity index (χ4n) is 3.92. The monoisotopic (exact) mass is 632 g/mol. The second-order valence-electron chi connectivity index (χ2n) is 9.67. The molecule has 0 aliphatic carbocycles. The molecule has 1 unspecified atom stereocenters. The highest BCUT2D eigenvalue weighted by Crippen LogP contribution is 2.42. The van der Waals surface area contributed by atoms with Gasteiger partial charge in [0.2, 0.25) is 7.37 Å². The first-order chi connectivity index (χ1) is 19.6. The molecule has 0 radical (unpaired) electrons. The van der Waals surface area contributed by atoms with Crippen LogP contribution in [-0.4, -0.2) is 40.0 Å². The van der Waals surface area contributed by atoms with Crippen molar-refractivity contribution in [3.8, 4) is 5.75 Å². The van der Waals surface area contributed by atoms with Crippen LogP contribution in [0, 0.1) is 0 Å². The Morgan fingerprint density at radius 3 is 2.41 bits per heavy atom. The molecule has 0 fully saturated rings. The highest BCUT2D eigenvalue weighted by atomic mass is 35.5. The van der Waals surface area contributed by atoms with E-state index in [1.165, 1.54) is 11.8 Å². The Morgan fingerprint density at radius 2 is 1.76 bits per heavy atom. The van der Waals surface area contributed by atoms with Crippen molar-refractivity contribution in [3.05, 3.63) is 100 Å². The van der Waals surface area contributed by atoms with Gasteiger partial charge in [0, 0.05) is 40.5 Å². The Balaban J connectivity index is 1.48. The normalized spacial score (nSPS) is 12.6. The Bertz CT molecular complexity index is 1500. The number of amides is 1. The molecule has 4 aromatic rings. The predicted molar refractivity (Wildman–Crippen MR) is 164 cm³/mol. The van der Waals surface area contributed by atoms with Crippen LogP contribution < -0.4 is 9.84 Å². The minimum atomic E-state index is -2.96. The summed E-state index contributed by atoms with van der Waals surface area (Å²) < 4.78 is 26.0. The van der Waals surface area contributed by atoms with E-state index < -0.39 is 13.5 Å². The summed E-state index contributed by atoms with van der Waals surface area (Å²) in [5, 5.41) is 4.65. The van der Waals surface area contributed by atoms with E-state index in [2.05, 4.69) is 24.1 Å². The number of ether oxygens (including phenoxy) is 1. The van der Waals surface area contributed by atoms with Gasteiger partial charge < -0.3 is 19.1 Å². The Morgan fingerprint density at radius 1 is 1.07 bits per heavy atom. The number of carbonyl (C=O) groups excluding carboxylic acids is 1. The van der Waals surface area contributed by atoms with Crippen LogP contribution in [0.4, 0.5) is 4.79 Å². The first-order valence-electron chi connectivity index (χ1n) is 12.9. The Kier molecular flexibility index (Phi) is 10.8. The van der Waals surface area contributed by atoms with Crippen LogP contribution in [0.25, 0.3) is 0 Å². The minimum absolute atomic E-state index is 0.0577. The molecule has 41 heavy (non-hydrogen) atoms. The first kappa shape index (κ1) is 31.0. The van der Waals surface area contributed by atoms with Crippen molar-refractivity contribution in [3.63, 3.8) is 0 Å². The van der Waals surface area contributed by atoms with Crippen LogP contribution in [0.5, 0.6) is 5.75 Å². The van der Waals surface area contributed by atoms with E-state index in [1.807, 2.05) is 47.0 Å². The SMILES string of the molecule is CC(C)c1nc(COC(=O)NCCP(C)(=O)Oc2ccccc2)n(Cc2ccncc2)c1Sc1cc(Cl)cc(Cl)c1. The van der Waals surface area contributed by atoms with Crippen molar-refractivity contribution in [2.75, 3.05) is 19.4 Å². The number of pyridine rings is 1. The Labute approximate surface area is 254 Å². The highest BCUT2D eigenvalue weighted by molar-refractivity contribution is 7.99. The molecule has 2 aromatic heterocycles. The second kappa shape index (κ2) is 14.3. The van der Waals surface area contributed by atoms with E-state index in [-0.39, 0.29) is 25.2 Å². The number of carbonyl (C=O) groups is 1. The van der Waals surface area contributed by atoms with E-state index in [9.17, 15) is 9.36 Å². The molecule has 0 aliphatic heterocycles. The molecule has 0 spiro atoms. The molecular formula is C29H31Cl2N4O4PS. The minimum Gasteiger partial charge on any atom is -0.443 e. The van der Waals surface area contributed by atoms with Crippen molar-refractivity contribution >= 4 is 48.4 Å². The number of hydrogen-bond donors (Lipinski definition) is 1. The van der Waals surface area contributed by atoms with Gasteiger partial charge in [0.05, 0.1) is 18.4 Å². The van der Waals surface area contributed by atoms with Crippen LogP contribution in [0.15, 0.2) is 83.0 Å². The average Bonchev–Trinajstić information content (AvgIpc) is 3.24. The van der Waals surface area contributed by atoms with E-state index >= 15 is 0 Å². The number of hydrogen-bond acceptors (Lipinski definition) is 7. The van der Waals surface area contributed by atoms with Gasteiger partial charge in [-0.3, -0.25) is 9.55 Å². The lowest BCUT2D eigenvalue weighted by molar-refractivity contribution is 0.136. The zero-order chi connectivity index (χ0) is 29.4. The van der Waals surface area contributed by atoms with E-state index in [1.54, 1.807) is 37.3 Å². The van der Waals surface area contributed by atoms with Crippen LogP contribution in [0.2, 0.25) is 10.0 Å². The van der Waals surface area contributed by atoms with Gasteiger partial charge in [-0.25, -0.2) is 9.78 Å². The number of rotatable bonds is 12. The third-order valence-corrected chi connectivity index (χ3v) is 9.04. The molecule has 0 bridgehead atoms. The maximum absolute atomic E-state index is 12.8. The number of aromatic nitrogens is 3. The summed E-state index contributed by atoms with van der Waals surface area (Å²) in [6, 6.07) is 18.2. The molecule has 1 amide bonds. The van der Waals surface area contributed by atoms with E-state index in [0.717, 1.165) is 21.2 Å². The molecule has 1 atom stereocenters. The third kappa shape index (κ3) is 9.27. The van der Waals surface area contributed by atoms with Crippen LogP contribution >= 0.6 is 42.3 Å². The molecule has 0 saturated heterocycles. The zero-order valence-corrected chi connectivity index (χ0v) is 26.1. The van der Waals surface area contributed by atoms with Gasteiger partial charge in [-0.05, 0) is 53.9 Å². The molecule has 8 nitrogen and oxygen atoms in total. The largest absolute Gasteiger partial charge is 0.443 e. The van der Waals surface area contributed by atoms with Gasteiger partial charge in [-0.15, -0.1) is 0 Å². The quantitative estimate of drug-likeness (QED) is 0.158. The highest BCUT2D eigenvalue weighted by Gasteiger charge is 2.23. The summed E-state index contributed by atoms with van der Waals surface area (Å²) >= 11 is 14.0. The lowest BCUT2D eigenvalue weighted by atomic mass is 10.1. The van der Waals surface area contributed by atoms with Crippen molar-refractivity contribution in [1.29, 1.82) is 0 Å². The molecular weight excluding hydrogens is 602 g/mol. The van der Waals surface area contributed by atoms with Crippen LogP contribution in [0.1, 0.15) is 36.8 Å². The molecule has 4 rings (SSSR count).